The van der Waals surface area contributed by atoms with Crippen LogP contribution in [-0.4, -0.2) is 6.79 Å². The fourth-order valence-corrected chi connectivity index (χ4v) is 2.25. The van der Waals surface area contributed by atoms with Crippen LogP contribution in [0.4, 0.5) is 5.69 Å². The topological polar surface area (TPSA) is 30.5 Å². The third kappa shape index (κ3) is 2.50. The molecule has 3 rings (SSSR count). The SMILES string of the molecule is CCc1ccccc1NCc1ccc2c(c1)OCO2. The van der Waals surface area contributed by atoms with E-state index in [1.807, 2.05) is 12.1 Å². The number of aryl methyl sites for hydroxylation is 1. The zero-order chi connectivity index (χ0) is 13.1. The number of ether oxygens (including phenoxy) is 2. The molecule has 0 fully saturated rings. The number of fused-ring (bicyclic) bond motifs is 1. The summed E-state index contributed by atoms with van der Waals surface area (Å²) >= 11 is 0. The quantitative estimate of drug-likeness (QED) is 0.905. The molecule has 0 saturated heterocycles. The van der Waals surface area contributed by atoms with E-state index in [1.54, 1.807) is 0 Å². The van der Waals surface area contributed by atoms with Gasteiger partial charge in [-0.25, -0.2) is 0 Å². The van der Waals surface area contributed by atoms with Crippen LogP contribution in [0.5, 0.6) is 11.5 Å². The molecule has 0 spiro atoms. The average Bonchev–Trinajstić information content (AvgIpc) is 2.93. The predicted octanol–water partition coefficient (Wildman–Crippen LogP) is 3.59. The second-order valence-electron chi connectivity index (χ2n) is 4.55. The molecule has 0 aromatic heterocycles. The maximum absolute atomic E-state index is 5.39. The van der Waals surface area contributed by atoms with Gasteiger partial charge in [-0.15, -0.1) is 0 Å². The van der Waals surface area contributed by atoms with Crippen LogP contribution in [0.25, 0.3) is 0 Å². The Labute approximate surface area is 113 Å². The van der Waals surface area contributed by atoms with Crippen molar-refractivity contribution in [3.63, 3.8) is 0 Å². The van der Waals surface area contributed by atoms with E-state index >= 15 is 0 Å². The van der Waals surface area contributed by atoms with Crippen LogP contribution in [0.3, 0.4) is 0 Å². The van der Waals surface area contributed by atoms with Gasteiger partial charge in [0.05, 0.1) is 0 Å². The van der Waals surface area contributed by atoms with Crippen molar-refractivity contribution in [3.8, 4) is 11.5 Å². The first kappa shape index (κ1) is 11.9. The molecule has 0 amide bonds. The van der Waals surface area contributed by atoms with Gasteiger partial charge in [-0.3, -0.25) is 0 Å². The van der Waals surface area contributed by atoms with Crippen molar-refractivity contribution in [1.82, 2.24) is 0 Å². The van der Waals surface area contributed by atoms with Crippen molar-refractivity contribution >= 4 is 5.69 Å². The van der Waals surface area contributed by atoms with Crippen LogP contribution < -0.4 is 14.8 Å². The van der Waals surface area contributed by atoms with E-state index in [0.717, 1.165) is 24.5 Å². The highest BCUT2D eigenvalue weighted by Gasteiger charge is 2.12. The third-order valence-corrected chi connectivity index (χ3v) is 3.32. The summed E-state index contributed by atoms with van der Waals surface area (Å²) in [6.07, 6.45) is 1.03. The van der Waals surface area contributed by atoms with E-state index in [4.69, 9.17) is 9.47 Å². The standard InChI is InChI=1S/C16H17NO2/c1-2-13-5-3-4-6-14(13)17-10-12-7-8-15-16(9-12)19-11-18-15/h3-9,17H,2,10-11H2,1H3. The van der Waals surface area contributed by atoms with Crippen LogP contribution in [-0.2, 0) is 13.0 Å². The number of anilines is 1. The van der Waals surface area contributed by atoms with Crippen molar-refractivity contribution in [2.45, 2.75) is 19.9 Å². The summed E-state index contributed by atoms with van der Waals surface area (Å²) in [4.78, 5) is 0. The molecule has 1 N–H and O–H groups in total. The van der Waals surface area contributed by atoms with Crippen molar-refractivity contribution in [3.05, 3.63) is 53.6 Å². The highest BCUT2D eigenvalue weighted by molar-refractivity contribution is 5.52. The van der Waals surface area contributed by atoms with E-state index in [9.17, 15) is 0 Å². The molecule has 0 unspecified atom stereocenters. The third-order valence-electron chi connectivity index (χ3n) is 3.32. The van der Waals surface area contributed by atoms with Gasteiger partial charge >= 0.3 is 0 Å². The van der Waals surface area contributed by atoms with Crippen LogP contribution in [0.2, 0.25) is 0 Å². The number of hydrogen-bond donors (Lipinski definition) is 1. The van der Waals surface area contributed by atoms with Crippen LogP contribution >= 0.6 is 0 Å². The van der Waals surface area contributed by atoms with Crippen molar-refractivity contribution in [1.29, 1.82) is 0 Å². The molecule has 2 aromatic rings. The molecule has 1 aliphatic rings. The predicted molar refractivity (Wildman–Crippen MR) is 75.7 cm³/mol. The molecule has 0 aliphatic carbocycles. The Kier molecular flexibility index (Phi) is 3.27. The molecule has 0 atom stereocenters. The summed E-state index contributed by atoms with van der Waals surface area (Å²) < 4.78 is 10.7. The summed E-state index contributed by atoms with van der Waals surface area (Å²) in [5.74, 6) is 1.67. The van der Waals surface area contributed by atoms with E-state index in [2.05, 4.69) is 42.6 Å². The number of hydrogen-bond acceptors (Lipinski definition) is 3. The number of rotatable bonds is 4. The second-order valence-corrected chi connectivity index (χ2v) is 4.55. The van der Waals surface area contributed by atoms with Gasteiger partial charge < -0.3 is 14.8 Å². The Balaban J connectivity index is 1.72. The Morgan fingerprint density at radius 1 is 1.05 bits per heavy atom. The molecule has 0 bridgehead atoms. The van der Waals surface area contributed by atoms with Crippen molar-refractivity contribution in [2.75, 3.05) is 12.1 Å². The molecule has 3 nitrogen and oxygen atoms in total. The summed E-state index contributed by atoms with van der Waals surface area (Å²) in [6.45, 7) is 3.28. The Morgan fingerprint density at radius 2 is 1.89 bits per heavy atom. The minimum atomic E-state index is 0.324. The van der Waals surface area contributed by atoms with Gasteiger partial charge in [0.25, 0.3) is 0 Å². The summed E-state index contributed by atoms with van der Waals surface area (Å²) in [7, 11) is 0. The van der Waals surface area contributed by atoms with E-state index in [0.29, 0.717) is 6.79 Å². The Hall–Kier alpha value is -2.16. The Bertz CT molecular complexity index is 581. The first-order valence-corrected chi connectivity index (χ1v) is 6.57. The average molecular weight is 255 g/mol. The van der Waals surface area contributed by atoms with E-state index in [1.165, 1.54) is 16.8 Å². The fourth-order valence-electron chi connectivity index (χ4n) is 2.25. The zero-order valence-corrected chi connectivity index (χ0v) is 11.0. The smallest absolute Gasteiger partial charge is 0.231 e. The van der Waals surface area contributed by atoms with E-state index < -0.39 is 0 Å². The van der Waals surface area contributed by atoms with Gasteiger partial charge in [-0.1, -0.05) is 31.2 Å². The molecule has 2 aromatic carbocycles. The van der Waals surface area contributed by atoms with Crippen molar-refractivity contribution < 1.29 is 9.47 Å². The first-order chi connectivity index (χ1) is 9.36. The monoisotopic (exact) mass is 255 g/mol. The van der Waals surface area contributed by atoms with Gasteiger partial charge in [0, 0.05) is 12.2 Å². The summed E-state index contributed by atoms with van der Waals surface area (Å²) in [6, 6.07) is 14.5. The lowest BCUT2D eigenvalue weighted by molar-refractivity contribution is 0.174. The van der Waals surface area contributed by atoms with Crippen LogP contribution in [0, 0.1) is 0 Å². The molecular formula is C16H17NO2. The van der Waals surface area contributed by atoms with E-state index in [-0.39, 0.29) is 0 Å². The normalized spacial score (nSPS) is 12.5. The molecule has 0 radical (unpaired) electrons. The number of para-hydroxylation sites is 1. The highest BCUT2D eigenvalue weighted by Crippen LogP contribution is 2.32. The van der Waals surface area contributed by atoms with Crippen LogP contribution in [0.15, 0.2) is 42.5 Å². The highest BCUT2D eigenvalue weighted by atomic mass is 16.7. The van der Waals surface area contributed by atoms with Gasteiger partial charge in [-0.2, -0.15) is 0 Å². The second kappa shape index (κ2) is 5.22. The molecule has 98 valence electrons. The minimum absolute atomic E-state index is 0.324. The molecule has 1 aliphatic heterocycles. The van der Waals surface area contributed by atoms with Gasteiger partial charge in [0.2, 0.25) is 6.79 Å². The van der Waals surface area contributed by atoms with Crippen LogP contribution in [0.1, 0.15) is 18.1 Å². The lowest BCUT2D eigenvalue weighted by Crippen LogP contribution is -2.01. The molecule has 3 heteroatoms. The lowest BCUT2D eigenvalue weighted by Gasteiger charge is -2.11. The maximum atomic E-state index is 5.39. The lowest BCUT2D eigenvalue weighted by atomic mass is 10.1. The minimum Gasteiger partial charge on any atom is -0.454 e. The van der Waals surface area contributed by atoms with Crippen molar-refractivity contribution in [2.24, 2.45) is 0 Å². The zero-order valence-electron chi connectivity index (χ0n) is 11.0. The van der Waals surface area contributed by atoms with Gasteiger partial charge in [0.15, 0.2) is 11.5 Å². The van der Waals surface area contributed by atoms with Gasteiger partial charge in [-0.05, 0) is 35.7 Å². The van der Waals surface area contributed by atoms with Gasteiger partial charge in [0.1, 0.15) is 0 Å². The molecule has 19 heavy (non-hydrogen) atoms. The fraction of sp³-hybridized carbons (Fsp3) is 0.250. The first-order valence-electron chi connectivity index (χ1n) is 6.57. The maximum Gasteiger partial charge on any atom is 0.231 e. The summed E-state index contributed by atoms with van der Waals surface area (Å²) in [5.41, 5.74) is 3.72. The summed E-state index contributed by atoms with van der Waals surface area (Å²) in [5, 5.41) is 3.48. The molecular weight excluding hydrogens is 238 g/mol. The molecule has 0 saturated carbocycles. The Morgan fingerprint density at radius 3 is 2.79 bits per heavy atom. The largest absolute Gasteiger partial charge is 0.454 e. The number of benzene rings is 2. The molecule has 1 heterocycles. The number of nitrogens with one attached hydrogen (secondary N) is 1.